The van der Waals surface area contributed by atoms with Gasteiger partial charge in [0.05, 0.1) is 12.5 Å². The maximum Gasteiger partial charge on any atom is 0.326 e. The molecule has 1 aromatic carbocycles. The van der Waals surface area contributed by atoms with Gasteiger partial charge < -0.3 is 20.2 Å². The zero-order chi connectivity index (χ0) is 19.3. The molecule has 0 bridgehead atoms. The number of benzene rings is 1. The molecular formula is C19H24N2O5. The van der Waals surface area contributed by atoms with Gasteiger partial charge in [0.25, 0.3) is 0 Å². The lowest BCUT2D eigenvalue weighted by Gasteiger charge is -2.17. The summed E-state index contributed by atoms with van der Waals surface area (Å²) >= 11 is 0. The Bertz CT molecular complexity index is 763. The SMILES string of the molecule is CC(C)C[C@H](NC(=O)CNC(=O)C(C)c1cc2ccccc2o1)C(=O)O. The highest BCUT2D eigenvalue weighted by Gasteiger charge is 2.23. The number of carbonyl (C=O) groups is 3. The minimum Gasteiger partial charge on any atom is -0.480 e. The number of aliphatic carboxylic acids is 1. The molecule has 3 N–H and O–H groups in total. The second-order valence-electron chi connectivity index (χ2n) is 6.71. The van der Waals surface area contributed by atoms with Crippen molar-refractivity contribution in [2.75, 3.05) is 6.54 Å². The summed E-state index contributed by atoms with van der Waals surface area (Å²) in [5.74, 6) is -1.93. The minimum atomic E-state index is -1.09. The molecule has 0 saturated heterocycles. The summed E-state index contributed by atoms with van der Waals surface area (Å²) in [4.78, 5) is 35.4. The molecule has 140 valence electrons. The highest BCUT2D eigenvalue weighted by molar-refractivity contribution is 5.90. The summed E-state index contributed by atoms with van der Waals surface area (Å²) < 4.78 is 5.66. The number of para-hydroxylation sites is 1. The molecule has 26 heavy (non-hydrogen) atoms. The van der Waals surface area contributed by atoms with Crippen molar-refractivity contribution in [1.29, 1.82) is 0 Å². The quantitative estimate of drug-likeness (QED) is 0.669. The second kappa shape index (κ2) is 8.51. The molecule has 1 heterocycles. The number of hydrogen-bond acceptors (Lipinski definition) is 4. The van der Waals surface area contributed by atoms with E-state index in [9.17, 15) is 14.4 Å². The van der Waals surface area contributed by atoms with Gasteiger partial charge in [-0.1, -0.05) is 32.0 Å². The fourth-order valence-electron chi connectivity index (χ4n) is 2.60. The van der Waals surface area contributed by atoms with Crippen LogP contribution in [-0.4, -0.2) is 35.5 Å². The topological polar surface area (TPSA) is 109 Å². The van der Waals surface area contributed by atoms with E-state index >= 15 is 0 Å². The molecule has 0 spiro atoms. The lowest BCUT2D eigenvalue weighted by molar-refractivity contribution is -0.142. The number of rotatable bonds is 8. The van der Waals surface area contributed by atoms with Gasteiger partial charge in [-0.3, -0.25) is 9.59 Å². The van der Waals surface area contributed by atoms with E-state index in [0.29, 0.717) is 17.8 Å². The van der Waals surface area contributed by atoms with Gasteiger partial charge in [0.1, 0.15) is 17.4 Å². The number of carboxylic acid groups (broad SMARTS) is 1. The van der Waals surface area contributed by atoms with Crippen LogP contribution in [0.4, 0.5) is 0 Å². The maximum atomic E-state index is 12.3. The molecule has 1 unspecified atom stereocenters. The van der Waals surface area contributed by atoms with Crippen molar-refractivity contribution < 1.29 is 23.9 Å². The monoisotopic (exact) mass is 360 g/mol. The van der Waals surface area contributed by atoms with Crippen LogP contribution in [0.2, 0.25) is 0 Å². The Hall–Kier alpha value is -2.83. The first-order valence-corrected chi connectivity index (χ1v) is 8.56. The summed E-state index contributed by atoms with van der Waals surface area (Å²) in [5.41, 5.74) is 0.692. The first kappa shape index (κ1) is 19.5. The molecule has 0 saturated carbocycles. The van der Waals surface area contributed by atoms with Gasteiger partial charge in [0.2, 0.25) is 11.8 Å². The van der Waals surface area contributed by atoms with Crippen LogP contribution in [-0.2, 0) is 14.4 Å². The molecule has 0 aliphatic rings. The fourth-order valence-corrected chi connectivity index (χ4v) is 2.60. The Morgan fingerprint density at radius 1 is 1.15 bits per heavy atom. The van der Waals surface area contributed by atoms with Gasteiger partial charge in [-0.05, 0) is 31.4 Å². The number of nitrogens with one attached hydrogen (secondary N) is 2. The van der Waals surface area contributed by atoms with Crippen LogP contribution in [0, 0.1) is 5.92 Å². The van der Waals surface area contributed by atoms with Crippen LogP contribution in [0.3, 0.4) is 0 Å². The second-order valence-corrected chi connectivity index (χ2v) is 6.71. The van der Waals surface area contributed by atoms with E-state index in [2.05, 4.69) is 10.6 Å². The van der Waals surface area contributed by atoms with E-state index < -0.39 is 23.8 Å². The lowest BCUT2D eigenvalue weighted by Crippen LogP contribution is -2.46. The molecule has 0 aliphatic carbocycles. The largest absolute Gasteiger partial charge is 0.480 e. The Kier molecular flexibility index (Phi) is 6.38. The molecule has 0 fully saturated rings. The van der Waals surface area contributed by atoms with E-state index in [1.54, 1.807) is 13.0 Å². The molecule has 2 rings (SSSR count). The van der Waals surface area contributed by atoms with E-state index in [0.717, 1.165) is 5.39 Å². The van der Waals surface area contributed by atoms with Crippen molar-refractivity contribution >= 4 is 28.8 Å². The molecule has 7 heteroatoms. The van der Waals surface area contributed by atoms with Crippen molar-refractivity contribution in [3.63, 3.8) is 0 Å². The van der Waals surface area contributed by atoms with Gasteiger partial charge in [-0.25, -0.2) is 4.79 Å². The van der Waals surface area contributed by atoms with E-state index in [1.807, 2.05) is 38.1 Å². The van der Waals surface area contributed by atoms with Gasteiger partial charge in [-0.15, -0.1) is 0 Å². The predicted octanol–water partition coefficient (Wildman–Crippen LogP) is 2.27. The van der Waals surface area contributed by atoms with Crippen LogP contribution in [0.1, 0.15) is 38.9 Å². The molecule has 0 aliphatic heterocycles. The molecule has 2 aromatic rings. The normalized spacial score (nSPS) is 13.4. The van der Waals surface area contributed by atoms with Gasteiger partial charge in [0, 0.05) is 5.39 Å². The van der Waals surface area contributed by atoms with Crippen LogP contribution < -0.4 is 10.6 Å². The molecule has 7 nitrogen and oxygen atoms in total. The van der Waals surface area contributed by atoms with E-state index in [1.165, 1.54) is 0 Å². The number of amides is 2. The summed E-state index contributed by atoms with van der Waals surface area (Å²) in [5, 5.41) is 15.0. The van der Waals surface area contributed by atoms with Crippen molar-refractivity contribution in [3.8, 4) is 0 Å². The zero-order valence-electron chi connectivity index (χ0n) is 15.1. The third-order valence-corrected chi connectivity index (χ3v) is 4.03. The summed E-state index contributed by atoms with van der Waals surface area (Å²) in [6.07, 6.45) is 0.324. The third-order valence-electron chi connectivity index (χ3n) is 4.03. The Labute approximate surface area is 151 Å². The first-order chi connectivity index (χ1) is 12.3. The third kappa shape index (κ3) is 5.08. The Balaban J connectivity index is 1.90. The molecule has 2 atom stereocenters. The van der Waals surface area contributed by atoms with E-state index in [4.69, 9.17) is 9.52 Å². The smallest absolute Gasteiger partial charge is 0.326 e. The fraction of sp³-hybridized carbons (Fsp3) is 0.421. The van der Waals surface area contributed by atoms with Crippen molar-refractivity contribution in [3.05, 3.63) is 36.1 Å². The van der Waals surface area contributed by atoms with Crippen LogP contribution in [0.15, 0.2) is 34.7 Å². The molecule has 1 aromatic heterocycles. The number of furan rings is 1. The molecular weight excluding hydrogens is 336 g/mol. The number of carbonyl (C=O) groups excluding carboxylic acids is 2. The Morgan fingerprint density at radius 3 is 2.46 bits per heavy atom. The number of carboxylic acids is 1. The average molecular weight is 360 g/mol. The van der Waals surface area contributed by atoms with Crippen molar-refractivity contribution in [1.82, 2.24) is 10.6 Å². The standard InChI is InChI=1S/C19H24N2O5/c1-11(2)8-14(19(24)25)21-17(22)10-20-18(23)12(3)16-9-13-6-4-5-7-15(13)26-16/h4-7,9,11-12,14H,8,10H2,1-3H3,(H,20,23)(H,21,22)(H,24,25)/t12?,14-/m0/s1. The Morgan fingerprint density at radius 2 is 1.85 bits per heavy atom. The summed E-state index contributed by atoms with van der Waals surface area (Å²) in [6.45, 7) is 5.15. The van der Waals surface area contributed by atoms with Crippen LogP contribution >= 0.6 is 0 Å². The van der Waals surface area contributed by atoms with Crippen LogP contribution in [0.25, 0.3) is 11.0 Å². The number of hydrogen-bond donors (Lipinski definition) is 3. The average Bonchev–Trinajstić information content (AvgIpc) is 3.02. The van der Waals surface area contributed by atoms with Crippen molar-refractivity contribution in [2.45, 2.75) is 39.2 Å². The van der Waals surface area contributed by atoms with Gasteiger partial charge in [-0.2, -0.15) is 0 Å². The van der Waals surface area contributed by atoms with Gasteiger partial charge in [0.15, 0.2) is 0 Å². The first-order valence-electron chi connectivity index (χ1n) is 8.56. The molecule has 0 radical (unpaired) electrons. The van der Waals surface area contributed by atoms with Crippen LogP contribution in [0.5, 0.6) is 0 Å². The highest BCUT2D eigenvalue weighted by atomic mass is 16.4. The summed E-state index contributed by atoms with van der Waals surface area (Å²) in [7, 11) is 0. The predicted molar refractivity (Wildman–Crippen MR) is 96.7 cm³/mol. The number of fused-ring (bicyclic) bond motifs is 1. The minimum absolute atomic E-state index is 0.124. The van der Waals surface area contributed by atoms with E-state index in [-0.39, 0.29) is 18.4 Å². The lowest BCUT2D eigenvalue weighted by atomic mass is 10.0. The van der Waals surface area contributed by atoms with Crippen molar-refractivity contribution in [2.24, 2.45) is 5.92 Å². The van der Waals surface area contributed by atoms with Gasteiger partial charge >= 0.3 is 5.97 Å². The summed E-state index contributed by atoms with van der Waals surface area (Å²) in [6, 6.07) is 8.27. The maximum absolute atomic E-state index is 12.3. The zero-order valence-corrected chi connectivity index (χ0v) is 15.1. The molecule has 2 amide bonds. The highest BCUT2D eigenvalue weighted by Crippen LogP contribution is 2.24.